The van der Waals surface area contributed by atoms with Crippen molar-refractivity contribution in [2.24, 2.45) is 0 Å². The van der Waals surface area contributed by atoms with E-state index in [-0.39, 0.29) is 5.92 Å². The van der Waals surface area contributed by atoms with E-state index in [2.05, 4.69) is 43.1 Å². The van der Waals surface area contributed by atoms with Gasteiger partial charge in [-0.25, -0.2) is 0 Å². The van der Waals surface area contributed by atoms with Gasteiger partial charge >= 0.3 is 0 Å². The summed E-state index contributed by atoms with van der Waals surface area (Å²) < 4.78 is 0. The first kappa shape index (κ1) is 12.4. The molecule has 2 aromatic rings. The number of benzene rings is 1. The number of hydrogen-bond donors (Lipinski definition) is 1. The van der Waals surface area contributed by atoms with E-state index in [0.717, 1.165) is 29.7 Å². The molecule has 0 saturated heterocycles. The largest absolute Gasteiger partial charge is 0.388 e. The summed E-state index contributed by atoms with van der Waals surface area (Å²) in [5.74, 6) is 0.136. The lowest BCUT2D eigenvalue weighted by Crippen LogP contribution is -2.11. The van der Waals surface area contributed by atoms with E-state index in [1.165, 1.54) is 11.1 Å². The number of aromatic nitrogens is 1. The number of aryl methyl sites for hydroxylation is 3. The highest BCUT2D eigenvalue weighted by Crippen LogP contribution is 2.41. The fraction of sp³-hybridized carbons (Fsp3) is 0.353. The molecule has 1 aromatic carbocycles. The van der Waals surface area contributed by atoms with Crippen molar-refractivity contribution >= 4 is 0 Å². The van der Waals surface area contributed by atoms with E-state index < -0.39 is 6.10 Å². The van der Waals surface area contributed by atoms with Crippen LogP contribution in [-0.2, 0) is 6.42 Å². The molecule has 1 aromatic heterocycles. The van der Waals surface area contributed by atoms with E-state index in [1.54, 1.807) is 0 Å². The van der Waals surface area contributed by atoms with Gasteiger partial charge in [0.1, 0.15) is 0 Å². The van der Waals surface area contributed by atoms with Gasteiger partial charge in [0.15, 0.2) is 0 Å². The summed E-state index contributed by atoms with van der Waals surface area (Å²) >= 11 is 0. The van der Waals surface area contributed by atoms with E-state index in [9.17, 15) is 5.11 Å². The van der Waals surface area contributed by atoms with Crippen molar-refractivity contribution in [3.05, 3.63) is 64.5 Å². The molecule has 2 heteroatoms. The molecule has 0 spiro atoms. The Hall–Kier alpha value is -1.67. The average molecular weight is 253 g/mol. The van der Waals surface area contributed by atoms with E-state index in [1.807, 2.05) is 12.3 Å². The summed E-state index contributed by atoms with van der Waals surface area (Å²) in [4.78, 5) is 4.48. The summed E-state index contributed by atoms with van der Waals surface area (Å²) in [5.41, 5.74) is 5.76. The molecular formula is C17H19NO. The second-order valence-corrected chi connectivity index (χ2v) is 5.50. The molecule has 0 fully saturated rings. The SMILES string of the molecule is Cc1ccc(C)c(C(O)C2CCc3cccnc32)c1. The zero-order valence-electron chi connectivity index (χ0n) is 11.4. The highest BCUT2D eigenvalue weighted by Gasteiger charge is 2.31. The number of fused-ring (bicyclic) bond motifs is 1. The second kappa shape index (κ2) is 4.78. The maximum atomic E-state index is 10.7. The van der Waals surface area contributed by atoms with Crippen LogP contribution in [0, 0.1) is 13.8 Å². The third-order valence-corrected chi connectivity index (χ3v) is 4.14. The van der Waals surface area contributed by atoms with Crippen molar-refractivity contribution in [3.8, 4) is 0 Å². The molecule has 1 aliphatic carbocycles. The Morgan fingerprint density at radius 2 is 2.11 bits per heavy atom. The van der Waals surface area contributed by atoms with Gasteiger partial charge in [-0.15, -0.1) is 0 Å². The maximum absolute atomic E-state index is 10.7. The molecule has 1 N–H and O–H groups in total. The molecule has 0 bridgehead atoms. The molecule has 2 unspecified atom stereocenters. The Morgan fingerprint density at radius 1 is 1.26 bits per heavy atom. The Morgan fingerprint density at radius 3 is 2.95 bits per heavy atom. The molecule has 19 heavy (non-hydrogen) atoms. The van der Waals surface area contributed by atoms with Crippen molar-refractivity contribution in [2.75, 3.05) is 0 Å². The Labute approximate surface area is 114 Å². The fourth-order valence-electron chi connectivity index (χ4n) is 3.05. The summed E-state index contributed by atoms with van der Waals surface area (Å²) in [5, 5.41) is 10.7. The summed E-state index contributed by atoms with van der Waals surface area (Å²) in [6, 6.07) is 10.4. The predicted molar refractivity (Wildman–Crippen MR) is 76.2 cm³/mol. The minimum Gasteiger partial charge on any atom is -0.388 e. The molecule has 2 nitrogen and oxygen atoms in total. The van der Waals surface area contributed by atoms with E-state index in [0.29, 0.717) is 0 Å². The number of nitrogens with zero attached hydrogens (tertiary/aromatic N) is 1. The van der Waals surface area contributed by atoms with Crippen LogP contribution in [-0.4, -0.2) is 10.1 Å². The standard InChI is InChI=1S/C17H19NO/c1-11-5-6-12(2)15(10-11)17(19)14-8-7-13-4-3-9-18-16(13)14/h3-6,9-10,14,17,19H,7-8H2,1-2H3. The van der Waals surface area contributed by atoms with Crippen LogP contribution < -0.4 is 0 Å². The molecule has 1 aliphatic rings. The third kappa shape index (κ3) is 2.17. The van der Waals surface area contributed by atoms with Gasteiger partial charge in [0.05, 0.1) is 6.10 Å². The van der Waals surface area contributed by atoms with Crippen molar-refractivity contribution in [3.63, 3.8) is 0 Å². The van der Waals surface area contributed by atoms with Gasteiger partial charge in [-0.3, -0.25) is 4.98 Å². The van der Waals surface area contributed by atoms with Crippen LogP contribution in [0.1, 0.15) is 46.4 Å². The summed E-state index contributed by atoms with van der Waals surface area (Å²) in [6.45, 7) is 4.13. The van der Waals surface area contributed by atoms with Gasteiger partial charge in [0.25, 0.3) is 0 Å². The minimum atomic E-state index is -0.448. The normalized spacial score (nSPS) is 19.2. The van der Waals surface area contributed by atoms with E-state index >= 15 is 0 Å². The summed E-state index contributed by atoms with van der Waals surface area (Å²) in [6.07, 6.45) is 3.39. The number of hydrogen-bond acceptors (Lipinski definition) is 2. The predicted octanol–water partition coefficient (Wildman–Crippen LogP) is 3.46. The first-order valence-electron chi connectivity index (χ1n) is 6.86. The Balaban J connectivity index is 1.97. The Kier molecular flexibility index (Phi) is 3.11. The lowest BCUT2D eigenvalue weighted by atomic mass is 9.90. The molecule has 98 valence electrons. The molecule has 2 atom stereocenters. The van der Waals surface area contributed by atoms with Crippen LogP contribution in [0.5, 0.6) is 0 Å². The van der Waals surface area contributed by atoms with Crippen molar-refractivity contribution < 1.29 is 5.11 Å². The highest BCUT2D eigenvalue weighted by molar-refractivity contribution is 5.37. The maximum Gasteiger partial charge on any atom is 0.0876 e. The van der Waals surface area contributed by atoms with Gasteiger partial charge in [0.2, 0.25) is 0 Å². The van der Waals surface area contributed by atoms with Gasteiger partial charge in [-0.2, -0.15) is 0 Å². The first-order chi connectivity index (χ1) is 9.16. The average Bonchev–Trinajstić information content (AvgIpc) is 2.84. The van der Waals surface area contributed by atoms with Crippen molar-refractivity contribution in [1.82, 2.24) is 4.98 Å². The molecule has 0 aliphatic heterocycles. The molecule has 0 radical (unpaired) electrons. The molecular weight excluding hydrogens is 234 g/mol. The van der Waals surface area contributed by atoms with Crippen LogP contribution in [0.4, 0.5) is 0 Å². The highest BCUT2D eigenvalue weighted by atomic mass is 16.3. The van der Waals surface area contributed by atoms with Gasteiger partial charge in [0, 0.05) is 17.8 Å². The number of pyridine rings is 1. The molecule has 1 heterocycles. The van der Waals surface area contributed by atoms with Crippen LogP contribution in [0.15, 0.2) is 36.5 Å². The minimum absolute atomic E-state index is 0.136. The lowest BCUT2D eigenvalue weighted by Gasteiger charge is -2.21. The van der Waals surface area contributed by atoms with E-state index in [4.69, 9.17) is 0 Å². The second-order valence-electron chi connectivity index (χ2n) is 5.50. The van der Waals surface area contributed by atoms with Crippen LogP contribution in [0.3, 0.4) is 0 Å². The molecule has 0 amide bonds. The fourth-order valence-corrected chi connectivity index (χ4v) is 3.05. The van der Waals surface area contributed by atoms with Crippen LogP contribution in [0.25, 0.3) is 0 Å². The smallest absolute Gasteiger partial charge is 0.0876 e. The summed E-state index contributed by atoms with van der Waals surface area (Å²) in [7, 11) is 0. The first-order valence-corrected chi connectivity index (χ1v) is 6.86. The third-order valence-electron chi connectivity index (χ3n) is 4.14. The van der Waals surface area contributed by atoms with Crippen LogP contribution in [0.2, 0.25) is 0 Å². The number of aliphatic hydroxyl groups excluding tert-OH is 1. The zero-order valence-corrected chi connectivity index (χ0v) is 11.4. The van der Waals surface area contributed by atoms with Gasteiger partial charge < -0.3 is 5.11 Å². The number of rotatable bonds is 2. The topological polar surface area (TPSA) is 33.1 Å². The monoisotopic (exact) mass is 253 g/mol. The van der Waals surface area contributed by atoms with Crippen molar-refractivity contribution in [2.45, 2.75) is 38.7 Å². The molecule has 0 saturated carbocycles. The van der Waals surface area contributed by atoms with Gasteiger partial charge in [-0.1, -0.05) is 29.8 Å². The quantitative estimate of drug-likeness (QED) is 0.889. The molecule has 3 rings (SSSR count). The van der Waals surface area contributed by atoms with Gasteiger partial charge in [-0.05, 0) is 49.4 Å². The number of aliphatic hydroxyl groups is 1. The zero-order chi connectivity index (χ0) is 13.4. The van der Waals surface area contributed by atoms with Crippen molar-refractivity contribution in [1.29, 1.82) is 0 Å². The van der Waals surface area contributed by atoms with Crippen LogP contribution >= 0.6 is 0 Å². The Bertz CT molecular complexity index is 606. The lowest BCUT2D eigenvalue weighted by molar-refractivity contribution is 0.142.